The third kappa shape index (κ3) is 3.50. The molecular formula is C16H30N2O. The van der Waals surface area contributed by atoms with E-state index >= 15 is 0 Å². The first-order valence-electron chi connectivity index (χ1n) is 8.14. The number of nitrogens with two attached hydrogens (primary N) is 1. The molecule has 0 spiro atoms. The molecule has 3 nitrogen and oxygen atoms in total. The Morgan fingerprint density at radius 1 is 1.21 bits per heavy atom. The van der Waals surface area contributed by atoms with Crippen molar-refractivity contribution >= 4 is 5.91 Å². The number of hydrogen-bond donors (Lipinski definition) is 1. The van der Waals surface area contributed by atoms with Gasteiger partial charge in [0.05, 0.1) is 5.92 Å². The molecule has 3 atom stereocenters. The summed E-state index contributed by atoms with van der Waals surface area (Å²) in [5.74, 6) is 1.70. The minimum atomic E-state index is 0.0423. The van der Waals surface area contributed by atoms with E-state index in [4.69, 9.17) is 5.73 Å². The molecule has 2 aliphatic rings. The monoisotopic (exact) mass is 266 g/mol. The van der Waals surface area contributed by atoms with Gasteiger partial charge in [0.25, 0.3) is 0 Å². The number of piperidine rings is 1. The summed E-state index contributed by atoms with van der Waals surface area (Å²) >= 11 is 0. The predicted octanol–water partition coefficient (Wildman–Crippen LogP) is 2.79. The molecule has 2 N–H and O–H groups in total. The maximum absolute atomic E-state index is 12.8. The second-order valence-corrected chi connectivity index (χ2v) is 6.85. The van der Waals surface area contributed by atoms with Crippen LogP contribution in [0.5, 0.6) is 0 Å². The average molecular weight is 266 g/mol. The van der Waals surface area contributed by atoms with E-state index in [0.717, 1.165) is 18.9 Å². The van der Waals surface area contributed by atoms with Crippen LogP contribution in [0.1, 0.15) is 58.8 Å². The smallest absolute Gasteiger partial charge is 0.227 e. The van der Waals surface area contributed by atoms with Gasteiger partial charge in [0, 0.05) is 19.1 Å². The zero-order chi connectivity index (χ0) is 13.8. The van der Waals surface area contributed by atoms with Crippen LogP contribution in [0.25, 0.3) is 0 Å². The van der Waals surface area contributed by atoms with Crippen LogP contribution in [0.3, 0.4) is 0 Å². The molecule has 1 aliphatic carbocycles. The topological polar surface area (TPSA) is 46.3 Å². The SMILES string of the molecule is CC(C)CC(CN)C(=O)N1CCC[C@H]2CCCC[C@H]21. The molecule has 0 aromatic heterocycles. The van der Waals surface area contributed by atoms with Gasteiger partial charge in [-0.2, -0.15) is 0 Å². The molecule has 1 amide bonds. The number of amides is 1. The standard InChI is InChI=1S/C16H30N2O/c1-12(2)10-14(11-17)16(19)18-9-5-7-13-6-3-4-8-15(13)18/h12-15H,3-11,17H2,1-2H3/t13-,14?,15-/m1/s1. The fourth-order valence-corrected chi connectivity index (χ4v) is 4.00. The summed E-state index contributed by atoms with van der Waals surface area (Å²) in [5, 5.41) is 0. The van der Waals surface area contributed by atoms with Crippen LogP contribution in [0.15, 0.2) is 0 Å². The summed E-state index contributed by atoms with van der Waals surface area (Å²) in [5.41, 5.74) is 5.85. The number of likely N-dealkylation sites (tertiary alicyclic amines) is 1. The van der Waals surface area contributed by atoms with E-state index in [1.807, 2.05) is 0 Å². The Hall–Kier alpha value is -0.570. The van der Waals surface area contributed by atoms with E-state index in [0.29, 0.717) is 24.4 Å². The molecule has 3 heteroatoms. The number of carbonyl (C=O) groups is 1. The number of hydrogen-bond acceptors (Lipinski definition) is 2. The van der Waals surface area contributed by atoms with Crippen molar-refractivity contribution in [1.29, 1.82) is 0 Å². The maximum Gasteiger partial charge on any atom is 0.227 e. The zero-order valence-corrected chi connectivity index (χ0v) is 12.6. The van der Waals surface area contributed by atoms with Gasteiger partial charge in [-0.25, -0.2) is 0 Å². The Labute approximate surface area is 117 Å². The highest BCUT2D eigenvalue weighted by Crippen LogP contribution is 2.36. The minimum absolute atomic E-state index is 0.0423. The van der Waals surface area contributed by atoms with Crippen LogP contribution >= 0.6 is 0 Å². The summed E-state index contributed by atoms with van der Waals surface area (Å²) in [6.07, 6.45) is 8.64. The Morgan fingerprint density at radius 2 is 1.89 bits per heavy atom. The van der Waals surface area contributed by atoms with Crippen molar-refractivity contribution in [2.24, 2.45) is 23.5 Å². The largest absolute Gasteiger partial charge is 0.339 e. The van der Waals surface area contributed by atoms with Crippen molar-refractivity contribution in [1.82, 2.24) is 4.90 Å². The second-order valence-electron chi connectivity index (χ2n) is 6.85. The van der Waals surface area contributed by atoms with Crippen LogP contribution < -0.4 is 5.73 Å². The molecule has 1 unspecified atom stereocenters. The number of rotatable bonds is 4. The lowest BCUT2D eigenvalue weighted by Gasteiger charge is -2.45. The highest BCUT2D eigenvalue weighted by atomic mass is 16.2. The molecule has 2 rings (SSSR count). The van der Waals surface area contributed by atoms with Gasteiger partial charge >= 0.3 is 0 Å². The van der Waals surface area contributed by atoms with Crippen molar-refractivity contribution in [3.05, 3.63) is 0 Å². The van der Waals surface area contributed by atoms with E-state index in [-0.39, 0.29) is 5.92 Å². The van der Waals surface area contributed by atoms with Gasteiger partial charge in [-0.3, -0.25) is 4.79 Å². The van der Waals surface area contributed by atoms with Gasteiger partial charge in [-0.05, 0) is 43.9 Å². The van der Waals surface area contributed by atoms with Crippen LogP contribution in [-0.2, 0) is 4.79 Å². The van der Waals surface area contributed by atoms with Gasteiger partial charge in [-0.1, -0.05) is 26.7 Å². The Balaban J connectivity index is 2.03. The van der Waals surface area contributed by atoms with Gasteiger partial charge in [0.15, 0.2) is 0 Å². The number of nitrogens with zero attached hydrogens (tertiary/aromatic N) is 1. The van der Waals surface area contributed by atoms with Crippen LogP contribution in [0.2, 0.25) is 0 Å². The van der Waals surface area contributed by atoms with Crippen molar-refractivity contribution in [2.75, 3.05) is 13.1 Å². The van der Waals surface area contributed by atoms with E-state index in [1.165, 1.54) is 38.5 Å². The highest BCUT2D eigenvalue weighted by molar-refractivity contribution is 5.79. The summed E-state index contributed by atoms with van der Waals surface area (Å²) in [7, 11) is 0. The Kier molecular flexibility index (Phi) is 5.26. The Morgan fingerprint density at radius 3 is 2.58 bits per heavy atom. The summed E-state index contributed by atoms with van der Waals surface area (Å²) in [6, 6.07) is 0.524. The third-order valence-corrected chi connectivity index (χ3v) is 4.92. The molecule has 110 valence electrons. The molecule has 1 heterocycles. The quantitative estimate of drug-likeness (QED) is 0.850. The van der Waals surface area contributed by atoms with E-state index in [1.54, 1.807) is 0 Å². The minimum Gasteiger partial charge on any atom is -0.339 e. The van der Waals surface area contributed by atoms with Crippen molar-refractivity contribution in [2.45, 2.75) is 64.8 Å². The lowest BCUT2D eigenvalue weighted by molar-refractivity contribution is -0.142. The van der Waals surface area contributed by atoms with Gasteiger partial charge in [-0.15, -0.1) is 0 Å². The van der Waals surface area contributed by atoms with Crippen LogP contribution in [0, 0.1) is 17.8 Å². The first-order chi connectivity index (χ1) is 9.13. The number of fused-ring (bicyclic) bond motifs is 1. The van der Waals surface area contributed by atoms with Crippen molar-refractivity contribution < 1.29 is 4.79 Å². The fraction of sp³-hybridized carbons (Fsp3) is 0.938. The molecule has 0 radical (unpaired) electrons. The fourth-order valence-electron chi connectivity index (χ4n) is 4.00. The summed E-state index contributed by atoms with van der Waals surface area (Å²) in [4.78, 5) is 15.0. The maximum atomic E-state index is 12.8. The molecule has 0 aromatic rings. The molecule has 0 aromatic carbocycles. The van der Waals surface area contributed by atoms with Crippen LogP contribution in [0.4, 0.5) is 0 Å². The molecule has 0 bridgehead atoms. The molecule has 2 fully saturated rings. The second kappa shape index (κ2) is 6.74. The van der Waals surface area contributed by atoms with E-state index < -0.39 is 0 Å². The molecule has 1 saturated carbocycles. The predicted molar refractivity (Wildman–Crippen MR) is 78.7 cm³/mol. The lowest BCUT2D eigenvalue weighted by atomic mass is 9.77. The van der Waals surface area contributed by atoms with Crippen molar-refractivity contribution in [3.63, 3.8) is 0 Å². The third-order valence-electron chi connectivity index (χ3n) is 4.92. The normalized spacial score (nSPS) is 29.2. The summed E-state index contributed by atoms with van der Waals surface area (Å²) in [6.45, 7) is 5.82. The number of carbonyl (C=O) groups excluding carboxylic acids is 1. The summed E-state index contributed by atoms with van der Waals surface area (Å²) < 4.78 is 0. The zero-order valence-electron chi connectivity index (χ0n) is 12.6. The molecule has 1 aliphatic heterocycles. The molecule has 1 saturated heterocycles. The van der Waals surface area contributed by atoms with Crippen LogP contribution in [-0.4, -0.2) is 29.9 Å². The highest BCUT2D eigenvalue weighted by Gasteiger charge is 2.37. The van der Waals surface area contributed by atoms with Gasteiger partial charge < -0.3 is 10.6 Å². The lowest BCUT2D eigenvalue weighted by Crippen LogP contribution is -2.52. The average Bonchev–Trinajstić information content (AvgIpc) is 2.43. The van der Waals surface area contributed by atoms with Gasteiger partial charge in [0.2, 0.25) is 5.91 Å². The first-order valence-corrected chi connectivity index (χ1v) is 8.14. The van der Waals surface area contributed by atoms with Gasteiger partial charge in [0.1, 0.15) is 0 Å². The van der Waals surface area contributed by atoms with E-state index in [9.17, 15) is 4.79 Å². The molecular weight excluding hydrogens is 236 g/mol. The Bertz CT molecular complexity index is 301. The first kappa shape index (κ1) is 14.8. The molecule has 19 heavy (non-hydrogen) atoms. The van der Waals surface area contributed by atoms with E-state index in [2.05, 4.69) is 18.7 Å². The van der Waals surface area contributed by atoms with Crippen molar-refractivity contribution in [3.8, 4) is 0 Å².